The SMILES string of the molecule is COc1cccc(C(=O)NN(C(=O)c2ccc(O[B]O)c(NC(=NC(C)C)NC(C)C)c2)C(C)(C)C)c1C. The highest BCUT2D eigenvalue weighted by atomic mass is 16.5. The van der Waals surface area contributed by atoms with Gasteiger partial charge in [-0.05, 0) is 85.7 Å². The van der Waals surface area contributed by atoms with Gasteiger partial charge in [0.1, 0.15) is 11.5 Å². The van der Waals surface area contributed by atoms with Gasteiger partial charge in [0.15, 0.2) is 5.96 Å². The van der Waals surface area contributed by atoms with E-state index in [-0.39, 0.29) is 23.4 Å². The molecule has 0 atom stereocenters. The van der Waals surface area contributed by atoms with E-state index in [0.29, 0.717) is 36.2 Å². The summed E-state index contributed by atoms with van der Waals surface area (Å²) in [4.78, 5) is 31.5. The molecule has 0 bridgehead atoms. The molecule has 4 N–H and O–H groups in total. The van der Waals surface area contributed by atoms with E-state index in [0.717, 1.165) is 0 Å². The summed E-state index contributed by atoms with van der Waals surface area (Å²) in [7, 11) is 2.10. The number of ether oxygens (including phenoxy) is 1. The molecule has 0 unspecified atom stereocenters. The summed E-state index contributed by atoms with van der Waals surface area (Å²) >= 11 is 0. The van der Waals surface area contributed by atoms with Gasteiger partial charge in [0, 0.05) is 28.8 Å². The van der Waals surface area contributed by atoms with Gasteiger partial charge in [-0.3, -0.25) is 20.0 Å². The van der Waals surface area contributed by atoms with E-state index in [1.165, 1.54) is 12.1 Å². The number of nitrogens with zero attached hydrogens (tertiary/aromatic N) is 2. The Balaban J connectivity index is 2.47. The van der Waals surface area contributed by atoms with Crippen molar-refractivity contribution in [2.45, 2.75) is 73.0 Å². The van der Waals surface area contributed by atoms with Crippen LogP contribution in [0.1, 0.15) is 74.7 Å². The molecule has 2 aromatic rings. The smallest absolute Gasteiger partial charge is 0.536 e. The minimum Gasteiger partial charge on any atom is -0.536 e. The third-order valence-electron chi connectivity index (χ3n) is 5.31. The number of anilines is 1. The second kappa shape index (κ2) is 13.2. The van der Waals surface area contributed by atoms with Crippen LogP contribution in [-0.4, -0.2) is 60.2 Å². The van der Waals surface area contributed by atoms with Crippen molar-refractivity contribution >= 4 is 31.1 Å². The van der Waals surface area contributed by atoms with Crippen LogP contribution in [0.4, 0.5) is 5.69 Å². The third kappa shape index (κ3) is 8.14. The van der Waals surface area contributed by atoms with Crippen LogP contribution < -0.4 is 25.5 Å². The van der Waals surface area contributed by atoms with Crippen LogP contribution >= 0.6 is 0 Å². The Morgan fingerprint density at radius 1 is 1.08 bits per heavy atom. The summed E-state index contributed by atoms with van der Waals surface area (Å²) in [5.41, 5.74) is 3.75. The number of amides is 2. The fourth-order valence-corrected chi connectivity index (χ4v) is 3.58. The van der Waals surface area contributed by atoms with Crippen molar-refractivity contribution < 1.29 is 24.0 Å². The van der Waals surface area contributed by atoms with Gasteiger partial charge in [-0.15, -0.1) is 0 Å². The van der Waals surface area contributed by atoms with Crippen molar-refractivity contribution in [1.29, 1.82) is 0 Å². The lowest BCUT2D eigenvalue weighted by molar-refractivity contribution is 0.0358. The number of nitrogens with one attached hydrogen (secondary N) is 3. The standard InChI is InChI=1S/C27H39BN5O5/c1-16(2)29-26(30-17(3)4)31-21-15-19(13-14-23(21)38-28-36)25(35)33(27(6,7)8)32-24(34)20-11-10-12-22(37-9)18(20)5/h10-17,36H,1-9H3,(H,32,34)(H2,29,30,31). The maximum absolute atomic E-state index is 13.7. The summed E-state index contributed by atoms with van der Waals surface area (Å²) in [6.45, 7) is 15.1. The second-order valence-corrected chi connectivity index (χ2v) is 10.3. The van der Waals surface area contributed by atoms with Gasteiger partial charge in [-0.2, -0.15) is 0 Å². The van der Waals surface area contributed by atoms with Gasteiger partial charge in [0.05, 0.1) is 18.3 Å². The molecule has 0 aliphatic rings. The molecule has 0 aliphatic carbocycles. The molecule has 2 rings (SSSR count). The molecule has 38 heavy (non-hydrogen) atoms. The Morgan fingerprint density at radius 3 is 2.32 bits per heavy atom. The van der Waals surface area contributed by atoms with E-state index in [1.54, 1.807) is 43.3 Å². The third-order valence-corrected chi connectivity index (χ3v) is 5.31. The lowest BCUT2D eigenvalue weighted by atomic mass is 10.0. The fourth-order valence-electron chi connectivity index (χ4n) is 3.58. The average molecular weight is 524 g/mol. The van der Waals surface area contributed by atoms with E-state index in [4.69, 9.17) is 9.39 Å². The lowest BCUT2D eigenvalue weighted by Gasteiger charge is -2.35. The quantitative estimate of drug-likeness (QED) is 0.180. The van der Waals surface area contributed by atoms with E-state index >= 15 is 0 Å². The van der Waals surface area contributed by atoms with Gasteiger partial charge in [0.2, 0.25) is 0 Å². The summed E-state index contributed by atoms with van der Waals surface area (Å²) in [6, 6.07) is 9.95. The Labute approximate surface area is 226 Å². The van der Waals surface area contributed by atoms with Crippen molar-refractivity contribution in [1.82, 2.24) is 15.8 Å². The van der Waals surface area contributed by atoms with E-state index in [2.05, 4.69) is 21.1 Å². The number of hydrazine groups is 1. The molecule has 2 amide bonds. The summed E-state index contributed by atoms with van der Waals surface area (Å²) in [5, 5.41) is 16.9. The summed E-state index contributed by atoms with van der Waals surface area (Å²) < 4.78 is 10.6. The maximum Gasteiger partial charge on any atom is 0.569 e. The molecular weight excluding hydrogens is 485 g/mol. The molecule has 0 heterocycles. The topological polar surface area (TPSA) is 125 Å². The van der Waals surface area contributed by atoms with Crippen LogP contribution in [0, 0.1) is 6.92 Å². The Hall–Kier alpha value is -3.73. The Kier molecular flexibility index (Phi) is 10.6. The molecule has 205 valence electrons. The highest BCUT2D eigenvalue weighted by Gasteiger charge is 2.31. The number of carbonyl (C=O) groups is 2. The van der Waals surface area contributed by atoms with Crippen molar-refractivity contribution in [2.75, 3.05) is 12.4 Å². The number of hydrogen-bond donors (Lipinski definition) is 4. The summed E-state index contributed by atoms with van der Waals surface area (Å²) in [6.07, 6.45) is 0. The zero-order valence-corrected chi connectivity index (χ0v) is 23.7. The molecule has 11 heteroatoms. The first-order valence-electron chi connectivity index (χ1n) is 12.5. The first-order chi connectivity index (χ1) is 17.8. The maximum atomic E-state index is 13.7. The van der Waals surface area contributed by atoms with Crippen LogP contribution in [0.2, 0.25) is 0 Å². The van der Waals surface area contributed by atoms with Gasteiger partial charge in [-0.25, -0.2) is 5.01 Å². The van der Waals surface area contributed by atoms with Crippen molar-refractivity contribution in [3.8, 4) is 11.5 Å². The zero-order chi connectivity index (χ0) is 28.6. The minimum atomic E-state index is -0.759. The highest BCUT2D eigenvalue weighted by molar-refractivity contribution is 6.17. The average Bonchev–Trinajstić information content (AvgIpc) is 2.81. The van der Waals surface area contributed by atoms with Crippen LogP contribution in [0.5, 0.6) is 11.5 Å². The van der Waals surface area contributed by atoms with Crippen LogP contribution in [0.3, 0.4) is 0 Å². The van der Waals surface area contributed by atoms with Crippen molar-refractivity contribution in [3.05, 3.63) is 53.1 Å². The Bertz CT molecular complexity index is 1160. The second-order valence-electron chi connectivity index (χ2n) is 10.3. The molecule has 0 aliphatic heterocycles. The predicted octanol–water partition coefficient (Wildman–Crippen LogP) is 3.67. The molecule has 1 radical (unpaired) electrons. The van der Waals surface area contributed by atoms with Crippen molar-refractivity contribution in [3.63, 3.8) is 0 Å². The minimum absolute atomic E-state index is 0.00556. The van der Waals surface area contributed by atoms with E-state index < -0.39 is 17.4 Å². The highest BCUT2D eigenvalue weighted by Crippen LogP contribution is 2.28. The number of hydrogen-bond acceptors (Lipinski definition) is 6. The summed E-state index contributed by atoms with van der Waals surface area (Å²) in [5.74, 6) is 0.465. The molecule has 0 fully saturated rings. The zero-order valence-electron chi connectivity index (χ0n) is 23.7. The van der Waals surface area contributed by atoms with Crippen LogP contribution in [0.15, 0.2) is 41.4 Å². The normalized spacial score (nSPS) is 11.7. The fraction of sp³-hybridized carbons (Fsp3) is 0.444. The van der Waals surface area contributed by atoms with Gasteiger partial charge in [0.25, 0.3) is 11.8 Å². The van der Waals surface area contributed by atoms with Gasteiger partial charge in [-0.1, -0.05) is 6.07 Å². The molecule has 0 spiro atoms. The number of carbonyl (C=O) groups excluding carboxylic acids is 2. The number of benzene rings is 2. The number of rotatable bonds is 8. The van der Waals surface area contributed by atoms with Crippen LogP contribution in [-0.2, 0) is 0 Å². The molecule has 10 nitrogen and oxygen atoms in total. The molecule has 2 aromatic carbocycles. The monoisotopic (exact) mass is 524 g/mol. The molecule has 0 saturated heterocycles. The Morgan fingerprint density at radius 2 is 1.76 bits per heavy atom. The number of aliphatic imine (C=N–C) groups is 1. The molecular formula is C27H39BN5O5. The van der Waals surface area contributed by atoms with Crippen molar-refractivity contribution in [2.24, 2.45) is 4.99 Å². The lowest BCUT2D eigenvalue weighted by Crippen LogP contribution is -2.56. The molecule has 0 aromatic heterocycles. The van der Waals surface area contributed by atoms with E-state index in [1.807, 2.05) is 48.5 Å². The predicted molar refractivity (Wildman–Crippen MR) is 151 cm³/mol. The van der Waals surface area contributed by atoms with Gasteiger partial charge >= 0.3 is 7.69 Å². The van der Waals surface area contributed by atoms with Crippen LogP contribution in [0.25, 0.3) is 0 Å². The number of methoxy groups -OCH3 is 1. The number of guanidine groups is 1. The molecule has 0 saturated carbocycles. The first kappa shape index (κ1) is 30.5. The first-order valence-corrected chi connectivity index (χ1v) is 12.5. The largest absolute Gasteiger partial charge is 0.569 e. The van der Waals surface area contributed by atoms with E-state index in [9.17, 15) is 14.6 Å². The van der Waals surface area contributed by atoms with Gasteiger partial charge < -0.3 is 25.0 Å².